The molecule has 1 aromatic heterocycles. The number of non-ortho nitro benzene ring substituents is 1. The van der Waals surface area contributed by atoms with E-state index in [4.69, 9.17) is 0 Å². The summed E-state index contributed by atoms with van der Waals surface area (Å²) in [7, 11) is 0. The molecule has 1 heterocycles. The SMILES string of the molecule is Cc1[nH]nc(NC(=O)c2ccc([N+](=O)[O-])cc2F)c1C. The summed E-state index contributed by atoms with van der Waals surface area (Å²) in [6.45, 7) is 3.53. The molecule has 1 aromatic carbocycles. The summed E-state index contributed by atoms with van der Waals surface area (Å²) in [5.74, 6) is -1.38. The van der Waals surface area contributed by atoms with Gasteiger partial charge in [-0.15, -0.1) is 0 Å². The number of anilines is 1. The minimum absolute atomic E-state index is 0.282. The van der Waals surface area contributed by atoms with Crippen molar-refractivity contribution in [2.75, 3.05) is 5.32 Å². The van der Waals surface area contributed by atoms with Crippen LogP contribution in [0.4, 0.5) is 15.9 Å². The van der Waals surface area contributed by atoms with Crippen molar-refractivity contribution < 1.29 is 14.1 Å². The largest absolute Gasteiger partial charge is 0.305 e. The lowest BCUT2D eigenvalue weighted by molar-refractivity contribution is -0.385. The van der Waals surface area contributed by atoms with Gasteiger partial charge in [0.1, 0.15) is 5.82 Å². The number of nitrogens with one attached hydrogen (secondary N) is 2. The highest BCUT2D eigenvalue weighted by atomic mass is 19.1. The van der Waals surface area contributed by atoms with Crippen molar-refractivity contribution in [1.29, 1.82) is 0 Å². The second-order valence-corrected chi connectivity index (χ2v) is 4.20. The van der Waals surface area contributed by atoms with Gasteiger partial charge in [0.25, 0.3) is 11.6 Å². The predicted molar refractivity (Wildman–Crippen MR) is 69.1 cm³/mol. The maximum Gasteiger partial charge on any atom is 0.272 e. The molecule has 0 fully saturated rings. The van der Waals surface area contributed by atoms with Crippen LogP contribution in [0.15, 0.2) is 18.2 Å². The van der Waals surface area contributed by atoms with Crippen LogP contribution in [0.3, 0.4) is 0 Å². The summed E-state index contributed by atoms with van der Waals surface area (Å²) in [5.41, 5.74) is 0.826. The number of benzene rings is 1. The molecule has 104 valence electrons. The normalized spacial score (nSPS) is 10.3. The first kappa shape index (κ1) is 13.7. The Morgan fingerprint density at radius 1 is 1.45 bits per heavy atom. The van der Waals surface area contributed by atoms with Gasteiger partial charge in [0.15, 0.2) is 5.82 Å². The average Bonchev–Trinajstić information content (AvgIpc) is 2.70. The molecule has 0 aliphatic rings. The molecular weight excluding hydrogens is 267 g/mol. The summed E-state index contributed by atoms with van der Waals surface area (Å²) in [6, 6.07) is 2.84. The van der Waals surface area contributed by atoms with Gasteiger partial charge in [-0.2, -0.15) is 5.10 Å². The second kappa shape index (κ2) is 5.08. The third kappa shape index (κ3) is 2.48. The average molecular weight is 278 g/mol. The van der Waals surface area contributed by atoms with Gasteiger partial charge >= 0.3 is 0 Å². The number of hydrogen-bond acceptors (Lipinski definition) is 4. The molecule has 7 nitrogen and oxygen atoms in total. The number of aryl methyl sites for hydroxylation is 1. The summed E-state index contributed by atoms with van der Waals surface area (Å²) in [4.78, 5) is 21.7. The summed E-state index contributed by atoms with van der Waals surface area (Å²) in [5, 5.41) is 19.5. The Morgan fingerprint density at radius 2 is 2.15 bits per heavy atom. The number of amides is 1. The van der Waals surface area contributed by atoms with Crippen LogP contribution in [0.25, 0.3) is 0 Å². The van der Waals surface area contributed by atoms with Gasteiger partial charge in [-0.05, 0) is 19.9 Å². The zero-order chi connectivity index (χ0) is 14.9. The van der Waals surface area contributed by atoms with Crippen molar-refractivity contribution in [1.82, 2.24) is 10.2 Å². The lowest BCUT2D eigenvalue weighted by atomic mass is 10.1. The van der Waals surface area contributed by atoms with Crippen LogP contribution in [0.1, 0.15) is 21.6 Å². The number of nitrogens with zero attached hydrogens (tertiary/aromatic N) is 2. The van der Waals surface area contributed by atoms with Crippen molar-refractivity contribution in [2.45, 2.75) is 13.8 Å². The predicted octanol–water partition coefficient (Wildman–Crippen LogP) is 2.33. The molecule has 0 spiro atoms. The quantitative estimate of drug-likeness (QED) is 0.664. The standard InChI is InChI=1S/C12H11FN4O3/c1-6-7(2)15-16-11(6)14-12(18)9-4-3-8(17(19)20)5-10(9)13/h3-5H,1-2H3,(H2,14,15,16,18). The van der Waals surface area contributed by atoms with Gasteiger partial charge in [0.05, 0.1) is 16.6 Å². The maximum absolute atomic E-state index is 13.7. The Labute approximate surface area is 113 Å². The first-order chi connectivity index (χ1) is 9.40. The van der Waals surface area contributed by atoms with E-state index in [1.165, 1.54) is 0 Å². The van der Waals surface area contributed by atoms with E-state index >= 15 is 0 Å². The highest BCUT2D eigenvalue weighted by Crippen LogP contribution is 2.19. The fourth-order valence-electron chi connectivity index (χ4n) is 1.58. The van der Waals surface area contributed by atoms with Gasteiger partial charge in [-0.25, -0.2) is 4.39 Å². The van der Waals surface area contributed by atoms with Crippen molar-refractivity contribution in [3.63, 3.8) is 0 Å². The van der Waals surface area contributed by atoms with E-state index in [0.717, 1.165) is 23.4 Å². The van der Waals surface area contributed by atoms with E-state index in [-0.39, 0.29) is 5.56 Å². The molecule has 20 heavy (non-hydrogen) atoms. The monoisotopic (exact) mass is 278 g/mol. The van der Waals surface area contributed by atoms with E-state index in [9.17, 15) is 19.3 Å². The van der Waals surface area contributed by atoms with Crippen LogP contribution in [0.5, 0.6) is 0 Å². The van der Waals surface area contributed by atoms with Crippen LogP contribution in [0, 0.1) is 29.8 Å². The van der Waals surface area contributed by atoms with Gasteiger partial charge < -0.3 is 5.32 Å². The molecule has 0 saturated carbocycles. The first-order valence-electron chi connectivity index (χ1n) is 5.67. The Morgan fingerprint density at radius 3 is 2.65 bits per heavy atom. The Kier molecular flexibility index (Phi) is 3.47. The Hall–Kier alpha value is -2.77. The van der Waals surface area contributed by atoms with Crippen molar-refractivity contribution in [3.8, 4) is 0 Å². The molecule has 0 aliphatic carbocycles. The maximum atomic E-state index is 13.7. The third-order valence-electron chi connectivity index (χ3n) is 2.89. The van der Waals surface area contributed by atoms with E-state index < -0.39 is 22.3 Å². The smallest absolute Gasteiger partial charge is 0.272 e. The van der Waals surface area contributed by atoms with Crippen LogP contribution < -0.4 is 5.32 Å². The van der Waals surface area contributed by atoms with Crippen molar-refractivity contribution >= 4 is 17.4 Å². The summed E-state index contributed by atoms with van der Waals surface area (Å²) < 4.78 is 13.7. The van der Waals surface area contributed by atoms with Crippen LogP contribution in [-0.4, -0.2) is 21.0 Å². The Balaban J connectivity index is 2.26. The zero-order valence-electron chi connectivity index (χ0n) is 10.7. The number of aromatic nitrogens is 2. The lowest BCUT2D eigenvalue weighted by Crippen LogP contribution is -2.14. The van der Waals surface area contributed by atoms with Crippen molar-refractivity contribution in [2.24, 2.45) is 0 Å². The van der Waals surface area contributed by atoms with Gasteiger partial charge in [-0.1, -0.05) is 0 Å². The molecule has 0 aliphatic heterocycles. The molecule has 8 heteroatoms. The van der Waals surface area contributed by atoms with Crippen LogP contribution in [-0.2, 0) is 0 Å². The molecule has 1 amide bonds. The lowest BCUT2D eigenvalue weighted by Gasteiger charge is -2.04. The fraction of sp³-hybridized carbons (Fsp3) is 0.167. The number of aromatic amines is 1. The second-order valence-electron chi connectivity index (χ2n) is 4.20. The fourth-order valence-corrected chi connectivity index (χ4v) is 1.58. The van der Waals surface area contributed by atoms with E-state index in [2.05, 4.69) is 15.5 Å². The van der Waals surface area contributed by atoms with Gasteiger partial charge in [0, 0.05) is 17.3 Å². The zero-order valence-corrected chi connectivity index (χ0v) is 10.7. The highest BCUT2D eigenvalue weighted by molar-refractivity contribution is 6.04. The van der Waals surface area contributed by atoms with E-state index in [0.29, 0.717) is 11.9 Å². The molecule has 0 radical (unpaired) electrons. The highest BCUT2D eigenvalue weighted by Gasteiger charge is 2.18. The molecular formula is C12H11FN4O3. The topological polar surface area (TPSA) is 101 Å². The number of hydrogen-bond donors (Lipinski definition) is 2. The summed E-state index contributed by atoms with van der Waals surface area (Å²) >= 11 is 0. The summed E-state index contributed by atoms with van der Waals surface area (Å²) in [6.07, 6.45) is 0. The van der Waals surface area contributed by atoms with Gasteiger partial charge in [-0.3, -0.25) is 20.0 Å². The van der Waals surface area contributed by atoms with Crippen LogP contribution in [0.2, 0.25) is 0 Å². The van der Waals surface area contributed by atoms with E-state index in [1.54, 1.807) is 13.8 Å². The molecule has 2 N–H and O–H groups in total. The van der Waals surface area contributed by atoms with Crippen LogP contribution >= 0.6 is 0 Å². The van der Waals surface area contributed by atoms with Gasteiger partial charge in [0.2, 0.25) is 0 Å². The van der Waals surface area contributed by atoms with E-state index in [1.807, 2.05) is 0 Å². The number of nitro groups is 1. The Bertz CT molecular complexity index is 696. The first-order valence-corrected chi connectivity index (χ1v) is 5.67. The number of H-pyrrole nitrogens is 1. The molecule has 0 saturated heterocycles. The minimum atomic E-state index is -0.957. The number of halogens is 1. The number of carbonyl (C=O) groups excluding carboxylic acids is 1. The molecule has 0 bridgehead atoms. The number of nitro benzene ring substituents is 1. The third-order valence-corrected chi connectivity index (χ3v) is 2.89. The van der Waals surface area contributed by atoms with Crippen molar-refractivity contribution in [3.05, 3.63) is 51.0 Å². The molecule has 2 rings (SSSR count). The molecule has 0 unspecified atom stereocenters. The number of rotatable bonds is 3. The molecule has 0 atom stereocenters. The molecule has 2 aromatic rings. The number of carbonyl (C=O) groups is 1. The minimum Gasteiger partial charge on any atom is -0.305 e.